The van der Waals surface area contributed by atoms with Crippen LogP contribution < -0.4 is 5.32 Å². The van der Waals surface area contributed by atoms with E-state index < -0.39 is 5.97 Å². The van der Waals surface area contributed by atoms with Crippen LogP contribution in [0.25, 0.3) is 0 Å². The van der Waals surface area contributed by atoms with Gasteiger partial charge in [-0.25, -0.2) is 0 Å². The number of aryl methyl sites for hydroxylation is 1. The summed E-state index contributed by atoms with van der Waals surface area (Å²) in [6.45, 7) is 2.03. The summed E-state index contributed by atoms with van der Waals surface area (Å²) in [5.41, 5.74) is 3.01. The van der Waals surface area contributed by atoms with Crippen molar-refractivity contribution in [2.24, 2.45) is 0 Å². The van der Waals surface area contributed by atoms with E-state index in [4.69, 9.17) is 5.11 Å². The van der Waals surface area contributed by atoms with Crippen LogP contribution in [0.15, 0.2) is 53.4 Å². The van der Waals surface area contributed by atoms with E-state index in [1.807, 2.05) is 55.5 Å². The lowest BCUT2D eigenvalue weighted by Gasteiger charge is -2.08. The van der Waals surface area contributed by atoms with Crippen LogP contribution in [0.2, 0.25) is 0 Å². The van der Waals surface area contributed by atoms with E-state index in [0.717, 1.165) is 21.9 Å². The van der Waals surface area contributed by atoms with Gasteiger partial charge >= 0.3 is 5.97 Å². The van der Waals surface area contributed by atoms with E-state index >= 15 is 0 Å². The van der Waals surface area contributed by atoms with Crippen LogP contribution in [0.5, 0.6) is 0 Å². The second-order valence-electron chi connectivity index (χ2n) is 5.50. The van der Waals surface area contributed by atoms with Crippen LogP contribution in [0.1, 0.15) is 17.5 Å². The smallest absolute Gasteiger partial charge is 0.304 e. The standard InChI is InChI=1S/C19H21NO3S2/c1-14-5-2-3-8-17(14)25-13-18(21)20-16-7-4-6-15(11-16)12-24-10-9-19(22)23/h2-8,11H,9-10,12-13H2,1H3,(H,20,21)(H,22,23). The zero-order valence-corrected chi connectivity index (χ0v) is 15.7. The highest BCUT2D eigenvalue weighted by Gasteiger charge is 2.06. The van der Waals surface area contributed by atoms with Gasteiger partial charge in [-0.15, -0.1) is 11.8 Å². The third-order valence-corrected chi connectivity index (χ3v) is 5.60. The third-order valence-electron chi connectivity index (χ3n) is 3.39. The van der Waals surface area contributed by atoms with E-state index in [2.05, 4.69) is 5.32 Å². The maximum atomic E-state index is 12.1. The second kappa shape index (κ2) is 10.2. The fraction of sp³-hybridized carbons (Fsp3) is 0.263. The molecule has 4 nitrogen and oxygen atoms in total. The highest BCUT2D eigenvalue weighted by molar-refractivity contribution is 8.00. The third kappa shape index (κ3) is 7.23. The van der Waals surface area contributed by atoms with Crippen molar-refractivity contribution in [3.8, 4) is 0 Å². The monoisotopic (exact) mass is 375 g/mol. The molecule has 25 heavy (non-hydrogen) atoms. The van der Waals surface area contributed by atoms with E-state index in [1.165, 1.54) is 17.3 Å². The van der Waals surface area contributed by atoms with Crippen molar-refractivity contribution in [1.29, 1.82) is 0 Å². The molecule has 0 aliphatic heterocycles. The molecular weight excluding hydrogens is 354 g/mol. The lowest BCUT2D eigenvalue weighted by atomic mass is 10.2. The number of carbonyl (C=O) groups is 2. The summed E-state index contributed by atoms with van der Waals surface area (Å²) >= 11 is 3.10. The van der Waals surface area contributed by atoms with Gasteiger partial charge in [-0.1, -0.05) is 30.3 Å². The summed E-state index contributed by atoms with van der Waals surface area (Å²) in [7, 11) is 0. The summed E-state index contributed by atoms with van der Waals surface area (Å²) < 4.78 is 0. The summed E-state index contributed by atoms with van der Waals surface area (Å²) in [6.07, 6.45) is 0.164. The van der Waals surface area contributed by atoms with Gasteiger partial charge in [0.15, 0.2) is 0 Å². The lowest BCUT2D eigenvalue weighted by molar-refractivity contribution is -0.136. The van der Waals surface area contributed by atoms with Crippen molar-refractivity contribution < 1.29 is 14.7 Å². The van der Waals surface area contributed by atoms with E-state index in [9.17, 15) is 9.59 Å². The van der Waals surface area contributed by atoms with Crippen LogP contribution in [0, 0.1) is 6.92 Å². The molecule has 0 aliphatic rings. The molecule has 0 unspecified atom stereocenters. The number of carboxylic acids is 1. The normalized spacial score (nSPS) is 10.4. The molecule has 0 saturated heterocycles. The van der Waals surface area contributed by atoms with Gasteiger partial charge in [-0.05, 0) is 36.2 Å². The molecule has 2 aromatic rings. The van der Waals surface area contributed by atoms with Crippen LogP contribution in [0.3, 0.4) is 0 Å². The molecule has 0 heterocycles. The topological polar surface area (TPSA) is 66.4 Å². The minimum atomic E-state index is -0.778. The minimum absolute atomic E-state index is 0.0380. The first-order valence-corrected chi connectivity index (χ1v) is 10.1. The maximum absolute atomic E-state index is 12.1. The number of thioether (sulfide) groups is 2. The predicted molar refractivity (Wildman–Crippen MR) is 105 cm³/mol. The molecule has 2 aromatic carbocycles. The molecular formula is C19H21NO3S2. The van der Waals surface area contributed by atoms with Gasteiger partial charge in [-0.2, -0.15) is 11.8 Å². The number of amides is 1. The van der Waals surface area contributed by atoms with Crippen LogP contribution in [0.4, 0.5) is 5.69 Å². The number of carboxylic acid groups (broad SMARTS) is 1. The first-order valence-electron chi connectivity index (χ1n) is 7.91. The Bertz CT molecular complexity index is 734. The van der Waals surface area contributed by atoms with Crippen molar-refractivity contribution in [2.75, 3.05) is 16.8 Å². The molecule has 0 bridgehead atoms. The molecule has 0 saturated carbocycles. The fourth-order valence-electron chi connectivity index (χ4n) is 2.15. The van der Waals surface area contributed by atoms with E-state index in [-0.39, 0.29) is 12.3 Å². The number of hydrogen-bond acceptors (Lipinski definition) is 4. The summed E-state index contributed by atoms with van der Waals surface area (Å²) in [4.78, 5) is 23.8. The molecule has 0 aromatic heterocycles. The number of rotatable bonds is 9. The Morgan fingerprint density at radius 1 is 1.12 bits per heavy atom. The first-order chi connectivity index (χ1) is 12.0. The highest BCUT2D eigenvalue weighted by atomic mass is 32.2. The van der Waals surface area contributed by atoms with E-state index in [0.29, 0.717) is 11.5 Å². The highest BCUT2D eigenvalue weighted by Crippen LogP contribution is 2.22. The predicted octanol–water partition coefficient (Wildman–Crippen LogP) is 4.43. The lowest BCUT2D eigenvalue weighted by Crippen LogP contribution is -2.14. The number of nitrogens with one attached hydrogen (secondary N) is 1. The second-order valence-corrected chi connectivity index (χ2v) is 7.62. The molecule has 0 atom stereocenters. The first kappa shape index (κ1) is 19.4. The van der Waals surface area contributed by atoms with Crippen LogP contribution >= 0.6 is 23.5 Å². The average Bonchev–Trinajstić information content (AvgIpc) is 2.58. The summed E-state index contributed by atoms with van der Waals surface area (Å²) in [5.74, 6) is 0.861. The zero-order chi connectivity index (χ0) is 18.1. The molecule has 0 aliphatic carbocycles. The Morgan fingerprint density at radius 2 is 1.92 bits per heavy atom. The Morgan fingerprint density at radius 3 is 2.68 bits per heavy atom. The van der Waals surface area contributed by atoms with Gasteiger partial charge in [0.2, 0.25) is 5.91 Å². The molecule has 2 N–H and O–H groups in total. The summed E-state index contributed by atoms with van der Waals surface area (Å²) in [6, 6.07) is 15.7. The largest absolute Gasteiger partial charge is 0.481 e. The van der Waals surface area contributed by atoms with Crippen molar-refractivity contribution >= 4 is 41.1 Å². The van der Waals surface area contributed by atoms with Gasteiger partial charge in [0.05, 0.1) is 12.2 Å². The Labute approximate surface area is 156 Å². The molecule has 132 valence electrons. The van der Waals surface area contributed by atoms with Gasteiger partial charge in [0.25, 0.3) is 0 Å². The fourth-order valence-corrected chi connectivity index (χ4v) is 3.85. The minimum Gasteiger partial charge on any atom is -0.481 e. The molecule has 0 radical (unpaired) electrons. The summed E-state index contributed by atoms with van der Waals surface area (Å²) in [5, 5.41) is 11.6. The van der Waals surface area contributed by atoms with Crippen molar-refractivity contribution in [3.63, 3.8) is 0 Å². The Kier molecular flexibility index (Phi) is 7.88. The zero-order valence-electron chi connectivity index (χ0n) is 14.0. The maximum Gasteiger partial charge on any atom is 0.304 e. The Hall–Kier alpha value is -1.92. The molecule has 2 rings (SSSR count). The number of benzene rings is 2. The number of aliphatic carboxylic acids is 1. The van der Waals surface area contributed by atoms with Crippen LogP contribution in [-0.4, -0.2) is 28.5 Å². The number of anilines is 1. The van der Waals surface area contributed by atoms with Gasteiger partial charge in [0, 0.05) is 22.1 Å². The van der Waals surface area contributed by atoms with E-state index in [1.54, 1.807) is 11.8 Å². The van der Waals surface area contributed by atoms with Gasteiger partial charge in [0.1, 0.15) is 0 Å². The van der Waals surface area contributed by atoms with Crippen molar-refractivity contribution in [3.05, 3.63) is 59.7 Å². The van der Waals surface area contributed by atoms with Crippen LogP contribution in [-0.2, 0) is 15.3 Å². The Balaban J connectivity index is 1.81. The molecule has 0 spiro atoms. The molecule has 6 heteroatoms. The van der Waals surface area contributed by atoms with Crippen molar-refractivity contribution in [1.82, 2.24) is 0 Å². The number of carbonyl (C=O) groups excluding carboxylic acids is 1. The van der Waals surface area contributed by atoms with Crippen molar-refractivity contribution in [2.45, 2.75) is 24.0 Å². The van der Waals surface area contributed by atoms with Gasteiger partial charge < -0.3 is 10.4 Å². The molecule has 1 amide bonds. The molecule has 0 fully saturated rings. The van der Waals surface area contributed by atoms with Gasteiger partial charge in [-0.3, -0.25) is 9.59 Å². The SMILES string of the molecule is Cc1ccccc1SCC(=O)Nc1cccc(CSCCC(=O)O)c1. The average molecular weight is 376 g/mol. The quantitative estimate of drug-likeness (QED) is 0.501. The number of hydrogen-bond donors (Lipinski definition) is 2.